The van der Waals surface area contributed by atoms with E-state index in [0.717, 1.165) is 37.9 Å². The van der Waals surface area contributed by atoms with Crippen LogP contribution >= 0.6 is 0 Å². The van der Waals surface area contributed by atoms with E-state index in [1.165, 1.54) is 32.1 Å². The first-order valence-electron chi connectivity index (χ1n) is 9.67. The Labute approximate surface area is 144 Å². The van der Waals surface area contributed by atoms with Crippen molar-refractivity contribution >= 4 is 5.91 Å². The number of piperidine rings is 1. The Morgan fingerprint density at radius 1 is 1.04 bits per heavy atom. The van der Waals surface area contributed by atoms with E-state index in [1.54, 1.807) is 12.4 Å². The number of rotatable bonds is 4. The van der Waals surface area contributed by atoms with E-state index in [2.05, 4.69) is 9.88 Å². The van der Waals surface area contributed by atoms with Gasteiger partial charge in [-0.1, -0.05) is 19.3 Å². The molecule has 2 unspecified atom stereocenters. The molecule has 1 saturated carbocycles. The van der Waals surface area contributed by atoms with Crippen LogP contribution in [0, 0.1) is 5.92 Å². The predicted molar refractivity (Wildman–Crippen MR) is 92.7 cm³/mol. The second-order valence-electron chi connectivity index (χ2n) is 7.79. The number of carbonyl (C=O) groups excluding carboxylic acids is 1. The molecule has 2 atom stereocenters. The molecule has 4 heteroatoms. The number of hydrogen-bond donors (Lipinski definition) is 0. The first-order chi connectivity index (χ1) is 11.8. The van der Waals surface area contributed by atoms with Crippen molar-refractivity contribution in [3.8, 4) is 5.75 Å². The van der Waals surface area contributed by atoms with Gasteiger partial charge in [0.05, 0.1) is 0 Å². The maximum atomic E-state index is 12.9. The topological polar surface area (TPSA) is 42.4 Å². The highest BCUT2D eigenvalue weighted by Crippen LogP contribution is 2.38. The Hall–Kier alpha value is -1.58. The van der Waals surface area contributed by atoms with Crippen molar-refractivity contribution in [1.29, 1.82) is 0 Å². The number of amides is 1. The zero-order valence-corrected chi connectivity index (χ0v) is 14.4. The first kappa shape index (κ1) is 15.9. The highest BCUT2D eigenvalue weighted by Gasteiger charge is 2.44. The van der Waals surface area contributed by atoms with Crippen LogP contribution in [0.3, 0.4) is 0 Å². The second kappa shape index (κ2) is 7.12. The number of carbonyl (C=O) groups is 1. The van der Waals surface area contributed by atoms with Crippen LogP contribution in [0.4, 0.5) is 0 Å². The average molecular weight is 328 g/mol. The lowest BCUT2D eigenvalue weighted by Gasteiger charge is -2.39. The highest BCUT2D eigenvalue weighted by atomic mass is 16.5. The highest BCUT2D eigenvalue weighted by molar-refractivity contribution is 5.77. The number of fused-ring (bicyclic) bond motifs is 2. The molecule has 2 aliphatic heterocycles. The van der Waals surface area contributed by atoms with Gasteiger partial charge in [-0.25, -0.2) is 0 Å². The summed E-state index contributed by atoms with van der Waals surface area (Å²) < 4.78 is 6.14. The number of ether oxygens (including phenoxy) is 1. The Kier molecular flexibility index (Phi) is 4.72. The molecular weight excluding hydrogens is 300 g/mol. The summed E-state index contributed by atoms with van der Waals surface area (Å²) in [5.41, 5.74) is 0. The van der Waals surface area contributed by atoms with Gasteiger partial charge in [-0.2, -0.15) is 0 Å². The molecule has 2 saturated heterocycles. The van der Waals surface area contributed by atoms with E-state index in [1.807, 2.05) is 12.1 Å². The lowest BCUT2D eigenvalue weighted by Crippen LogP contribution is -2.49. The molecule has 0 N–H and O–H groups in total. The zero-order chi connectivity index (χ0) is 16.4. The quantitative estimate of drug-likeness (QED) is 0.840. The Balaban J connectivity index is 1.35. The summed E-state index contributed by atoms with van der Waals surface area (Å²) in [7, 11) is 0. The third-order valence-corrected chi connectivity index (χ3v) is 6.12. The predicted octanol–water partition coefficient (Wildman–Crippen LogP) is 3.95. The molecule has 3 fully saturated rings. The molecule has 4 nitrogen and oxygen atoms in total. The third-order valence-electron chi connectivity index (χ3n) is 6.12. The number of pyridine rings is 1. The molecule has 3 heterocycles. The van der Waals surface area contributed by atoms with Gasteiger partial charge in [-0.05, 0) is 43.7 Å². The Morgan fingerprint density at radius 2 is 1.71 bits per heavy atom. The normalized spacial score (nSPS) is 30.3. The van der Waals surface area contributed by atoms with Crippen LogP contribution < -0.4 is 4.74 Å². The van der Waals surface area contributed by atoms with Gasteiger partial charge in [0.1, 0.15) is 11.9 Å². The standard InChI is InChI=1S/C20H28N2O2/c23-20(12-15-4-2-1-3-5-15)22-16-6-7-17(22)14-19(13-16)24-18-8-10-21-11-9-18/h8-11,15-17,19H,1-7,12-14H2. The minimum atomic E-state index is 0.239. The summed E-state index contributed by atoms with van der Waals surface area (Å²) in [6.45, 7) is 0. The molecule has 0 aromatic carbocycles. The van der Waals surface area contributed by atoms with Gasteiger partial charge in [0.25, 0.3) is 0 Å². The van der Waals surface area contributed by atoms with Crippen molar-refractivity contribution in [3.63, 3.8) is 0 Å². The maximum Gasteiger partial charge on any atom is 0.223 e. The summed E-state index contributed by atoms with van der Waals surface area (Å²) in [5, 5.41) is 0. The molecule has 4 rings (SSSR count). The molecule has 130 valence electrons. The van der Waals surface area contributed by atoms with Gasteiger partial charge >= 0.3 is 0 Å². The van der Waals surface area contributed by atoms with Gasteiger partial charge in [0.2, 0.25) is 5.91 Å². The molecule has 0 spiro atoms. The van der Waals surface area contributed by atoms with E-state index < -0.39 is 0 Å². The van der Waals surface area contributed by atoms with Crippen LogP contribution in [-0.4, -0.2) is 34.0 Å². The van der Waals surface area contributed by atoms with Gasteiger partial charge in [0, 0.05) is 43.7 Å². The van der Waals surface area contributed by atoms with Crippen LogP contribution in [0.25, 0.3) is 0 Å². The SMILES string of the molecule is O=C(CC1CCCCC1)N1C2CCC1CC(Oc1ccncc1)C2. The van der Waals surface area contributed by atoms with E-state index in [9.17, 15) is 4.79 Å². The molecule has 1 aromatic rings. The maximum absolute atomic E-state index is 12.9. The van der Waals surface area contributed by atoms with Crippen LogP contribution in [0.15, 0.2) is 24.5 Å². The zero-order valence-electron chi connectivity index (χ0n) is 14.4. The van der Waals surface area contributed by atoms with Crippen LogP contribution in [0.1, 0.15) is 64.2 Å². The van der Waals surface area contributed by atoms with Crippen molar-refractivity contribution in [2.24, 2.45) is 5.92 Å². The molecule has 24 heavy (non-hydrogen) atoms. The van der Waals surface area contributed by atoms with E-state index in [4.69, 9.17) is 4.74 Å². The summed E-state index contributed by atoms with van der Waals surface area (Å²) in [6.07, 6.45) is 15.3. The van der Waals surface area contributed by atoms with Gasteiger partial charge in [0.15, 0.2) is 0 Å². The van der Waals surface area contributed by atoms with Crippen LogP contribution in [0.5, 0.6) is 5.75 Å². The fourth-order valence-electron chi connectivity index (χ4n) is 4.98. The fourth-order valence-corrected chi connectivity index (χ4v) is 4.98. The van der Waals surface area contributed by atoms with E-state index >= 15 is 0 Å². The Bertz CT molecular complexity index is 542. The van der Waals surface area contributed by atoms with Crippen molar-refractivity contribution in [2.75, 3.05) is 0 Å². The van der Waals surface area contributed by atoms with Gasteiger partial charge in [-0.15, -0.1) is 0 Å². The Morgan fingerprint density at radius 3 is 2.38 bits per heavy atom. The lowest BCUT2D eigenvalue weighted by atomic mass is 9.86. The fraction of sp³-hybridized carbons (Fsp3) is 0.700. The molecule has 2 bridgehead atoms. The molecular formula is C20H28N2O2. The number of nitrogens with zero attached hydrogens (tertiary/aromatic N) is 2. The lowest BCUT2D eigenvalue weighted by molar-refractivity contribution is -0.138. The van der Waals surface area contributed by atoms with Crippen molar-refractivity contribution < 1.29 is 9.53 Å². The molecule has 3 aliphatic rings. The van der Waals surface area contributed by atoms with Gasteiger partial charge in [-0.3, -0.25) is 9.78 Å². The van der Waals surface area contributed by atoms with Crippen LogP contribution in [0.2, 0.25) is 0 Å². The summed E-state index contributed by atoms with van der Waals surface area (Å²) >= 11 is 0. The summed E-state index contributed by atoms with van der Waals surface area (Å²) in [6, 6.07) is 4.63. The second-order valence-corrected chi connectivity index (χ2v) is 7.79. The van der Waals surface area contributed by atoms with E-state index in [0.29, 0.717) is 23.9 Å². The third kappa shape index (κ3) is 3.42. The van der Waals surface area contributed by atoms with Gasteiger partial charge < -0.3 is 9.64 Å². The molecule has 1 aromatic heterocycles. The summed E-state index contributed by atoms with van der Waals surface area (Å²) in [4.78, 5) is 19.1. The first-order valence-corrected chi connectivity index (χ1v) is 9.67. The average Bonchev–Trinajstić information content (AvgIpc) is 2.88. The molecule has 0 radical (unpaired) electrons. The largest absolute Gasteiger partial charge is 0.490 e. The number of aromatic nitrogens is 1. The minimum Gasteiger partial charge on any atom is -0.490 e. The smallest absolute Gasteiger partial charge is 0.223 e. The van der Waals surface area contributed by atoms with Crippen molar-refractivity contribution in [2.45, 2.75) is 82.4 Å². The number of hydrogen-bond acceptors (Lipinski definition) is 3. The summed E-state index contributed by atoms with van der Waals surface area (Å²) in [5.74, 6) is 1.95. The van der Waals surface area contributed by atoms with Crippen molar-refractivity contribution in [1.82, 2.24) is 9.88 Å². The van der Waals surface area contributed by atoms with E-state index in [-0.39, 0.29) is 6.10 Å². The molecule has 1 aliphatic carbocycles. The van der Waals surface area contributed by atoms with Crippen molar-refractivity contribution in [3.05, 3.63) is 24.5 Å². The van der Waals surface area contributed by atoms with Crippen LogP contribution in [-0.2, 0) is 4.79 Å². The molecule has 1 amide bonds. The minimum absolute atomic E-state index is 0.239. The monoisotopic (exact) mass is 328 g/mol.